The number of anilines is 1. The Morgan fingerprint density at radius 2 is 2.00 bits per heavy atom. The molecule has 0 spiro atoms. The van der Waals surface area contributed by atoms with E-state index in [0.29, 0.717) is 11.5 Å². The van der Waals surface area contributed by atoms with Crippen molar-refractivity contribution in [2.24, 2.45) is 5.14 Å². The first-order chi connectivity index (χ1) is 7.88. The Labute approximate surface area is 98.9 Å². The maximum Gasteiger partial charge on any atom is 0.238 e. The smallest absolute Gasteiger partial charge is 0.238 e. The zero-order valence-corrected chi connectivity index (χ0v) is 9.98. The molecule has 0 aliphatic carbocycles. The number of hydrogen-bond acceptors (Lipinski definition) is 4. The molecule has 2 aromatic rings. The third-order valence-corrected chi connectivity index (χ3v) is 3.16. The molecule has 90 valence electrons. The third-order valence-electron chi connectivity index (χ3n) is 2.25. The molecule has 6 nitrogen and oxygen atoms in total. The van der Waals surface area contributed by atoms with Gasteiger partial charge in [-0.15, -0.1) is 0 Å². The molecule has 7 heteroatoms. The summed E-state index contributed by atoms with van der Waals surface area (Å²) in [4.78, 5) is 0.0301. The molecule has 1 aromatic heterocycles. The lowest BCUT2D eigenvalue weighted by molar-refractivity contribution is 0.597. The van der Waals surface area contributed by atoms with Crippen molar-refractivity contribution >= 4 is 15.8 Å². The molecule has 0 bridgehead atoms. The molecule has 0 aliphatic rings. The first kappa shape index (κ1) is 11.6. The van der Waals surface area contributed by atoms with Gasteiger partial charge in [0.15, 0.2) is 0 Å². The Kier molecular flexibility index (Phi) is 2.64. The number of sulfonamides is 1. The summed E-state index contributed by atoms with van der Waals surface area (Å²) in [7, 11) is -3.72. The van der Waals surface area contributed by atoms with Gasteiger partial charge in [-0.2, -0.15) is 5.10 Å². The van der Waals surface area contributed by atoms with Gasteiger partial charge in [0.2, 0.25) is 10.0 Å². The van der Waals surface area contributed by atoms with Gasteiger partial charge in [0, 0.05) is 6.07 Å². The second kappa shape index (κ2) is 3.86. The molecule has 0 aliphatic heterocycles. The number of nitrogens with two attached hydrogens (primary N) is 2. The van der Waals surface area contributed by atoms with Crippen molar-refractivity contribution < 1.29 is 8.42 Å². The highest BCUT2D eigenvalue weighted by Crippen LogP contribution is 2.17. The molecule has 0 saturated carbocycles. The summed E-state index contributed by atoms with van der Waals surface area (Å²) < 4.78 is 23.9. The summed E-state index contributed by atoms with van der Waals surface area (Å²) in [5.74, 6) is 0.439. The Hall–Kier alpha value is -1.86. The number of primary sulfonamides is 1. The van der Waals surface area contributed by atoms with Crippen LogP contribution in [0.15, 0.2) is 35.2 Å². The minimum absolute atomic E-state index is 0.0301. The van der Waals surface area contributed by atoms with Crippen LogP contribution in [0, 0.1) is 6.92 Å². The number of rotatable bonds is 2. The highest BCUT2D eigenvalue weighted by atomic mass is 32.2. The molecular formula is C10H12N4O2S. The van der Waals surface area contributed by atoms with Crippen molar-refractivity contribution in [3.05, 3.63) is 36.0 Å². The van der Waals surface area contributed by atoms with Crippen molar-refractivity contribution in [2.75, 3.05) is 5.73 Å². The molecular weight excluding hydrogens is 240 g/mol. The fourth-order valence-corrected chi connectivity index (χ4v) is 2.07. The Morgan fingerprint density at radius 3 is 2.53 bits per heavy atom. The van der Waals surface area contributed by atoms with Gasteiger partial charge < -0.3 is 5.73 Å². The van der Waals surface area contributed by atoms with Gasteiger partial charge in [-0.1, -0.05) is 6.07 Å². The van der Waals surface area contributed by atoms with Crippen LogP contribution in [-0.2, 0) is 10.0 Å². The summed E-state index contributed by atoms with van der Waals surface area (Å²) in [5, 5.41) is 9.22. The standard InChI is InChI=1S/C10H12N4O2S/c1-7-5-10(11)14(13-7)8-3-2-4-9(6-8)17(12,15)16/h2-6H,11H2,1H3,(H2,12,15,16). The first-order valence-corrected chi connectivity index (χ1v) is 6.38. The predicted molar refractivity (Wildman–Crippen MR) is 64.1 cm³/mol. The monoisotopic (exact) mass is 252 g/mol. The van der Waals surface area contributed by atoms with Gasteiger partial charge >= 0.3 is 0 Å². The molecule has 17 heavy (non-hydrogen) atoms. The Morgan fingerprint density at radius 1 is 1.29 bits per heavy atom. The number of benzene rings is 1. The van der Waals surface area contributed by atoms with E-state index in [2.05, 4.69) is 5.10 Å². The summed E-state index contributed by atoms with van der Waals surface area (Å²) >= 11 is 0. The lowest BCUT2D eigenvalue weighted by atomic mass is 10.3. The van der Waals surface area contributed by atoms with E-state index in [9.17, 15) is 8.42 Å². The molecule has 0 saturated heterocycles. The molecule has 0 atom stereocenters. The molecule has 0 radical (unpaired) electrons. The Bertz CT molecular complexity index is 661. The fourth-order valence-electron chi connectivity index (χ4n) is 1.52. The van der Waals surface area contributed by atoms with E-state index in [0.717, 1.165) is 5.69 Å². The van der Waals surface area contributed by atoms with Crippen LogP contribution in [0.3, 0.4) is 0 Å². The average molecular weight is 252 g/mol. The maximum atomic E-state index is 11.2. The van der Waals surface area contributed by atoms with E-state index in [1.54, 1.807) is 25.1 Å². The number of hydrogen-bond donors (Lipinski definition) is 2. The highest BCUT2D eigenvalue weighted by molar-refractivity contribution is 7.89. The van der Waals surface area contributed by atoms with Crippen molar-refractivity contribution in [1.82, 2.24) is 9.78 Å². The number of nitrogen functional groups attached to an aromatic ring is 1. The zero-order chi connectivity index (χ0) is 12.6. The van der Waals surface area contributed by atoms with Crippen molar-refractivity contribution in [2.45, 2.75) is 11.8 Å². The van der Waals surface area contributed by atoms with Gasteiger partial charge in [0.05, 0.1) is 16.3 Å². The number of aryl methyl sites for hydroxylation is 1. The van der Waals surface area contributed by atoms with E-state index in [1.165, 1.54) is 16.8 Å². The van der Waals surface area contributed by atoms with Gasteiger partial charge in [0.25, 0.3) is 0 Å². The van der Waals surface area contributed by atoms with Crippen LogP contribution >= 0.6 is 0 Å². The summed E-state index contributed by atoms with van der Waals surface area (Å²) in [5.41, 5.74) is 7.06. The largest absolute Gasteiger partial charge is 0.384 e. The van der Waals surface area contributed by atoms with Crippen molar-refractivity contribution in [3.8, 4) is 5.69 Å². The molecule has 1 aromatic carbocycles. The lowest BCUT2D eigenvalue weighted by Gasteiger charge is -2.05. The van der Waals surface area contributed by atoms with Crippen LogP contribution in [0.2, 0.25) is 0 Å². The van der Waals surface area contributed by atoms with Crippen LogP contribution in [0.4, 0.5) is 5.82 Å². The van der Waals surface area contributed by atoms with Gasteiger partial charge in [-0.25, -0.2) is 18.2 Å². The molecule has 2 rings (SSSR count). The summed E-state index contributed by atoms with van der Waals surface area (Å²) in [6, 6.07) is 7.84. The quantitative estimate of drug-likeness (QED) is 0.807. The highest BCUT2D eigenvalue weighted by Gasteiger charge is 2.10. The van der Waals surface area contributed by atoms with Crippen LogP contribution in [0.25, 0.3) is 5.69 Å². The van der Waals surface area contributed by atoms with E-state index >= 15 is 0 Å². The fraction of sp³-hybridized carbons (Fsp3) is 0.100. The lowest BCUT2D eigenvalue weighted by Crippen LogP contribution is -2.13. The molecule has 0 amide bonds. The van der Waals surface area contributed by atoms with Crippen LogP contribution in [0.1, 0.15) is 5.69 Å². The SMILES string of the molecule is Cc1cc(N)n(-c2cccc(S(N)(=O)=O)c2)n1. The van der Waals surface area contributed by atoms with Gasteiger partial charge in [-0.3, -0.25) is 0 Å². The van der Waals surface area contributed by atoms with E-state index < -0.39 is 10.0 Å². The molecule has 0 unspecified atom stereocenters. The van der Waals surface area contributed by atoms with E-state index in [-0.39, 0.29) is 4.90 Å². The number of nitrogens with zero attached hydrogens (tertiary/aromatic N) is 2. The van der Waals surface area contributed by atoms with E-state index in [4.69, 9.17) is 10.9 Å². The van der Waals surface area contributed by atoms with E-state index in [1.807, 2.05) is 0 Å². The van der Waals surface area contributed by atoms with Gasteiger partial charge in [-0.05, 0) is 25.1 Å². The number of aromatic nitrogens is 2. The second-order valence-electron chi connectivity index (χ2n) is 3.66. The second-order valence-corrected chi connectivity index (χ2v) is 5.23. The summed E-state index contributed by atoms with van der Waals surface area (Å²) in [6.07, 6.45) is 0. The maximum absolute atomic E-state index is 11.2. The normalized spacial score (nSPS) is 11.6. The first-order valence-electron chi connectivity index (χ1n) is 4.83. The Balaban J connectivity index is 2.58. The summed E-state index contributed by atoms with van der Waals surface area (Å²) in [6.45, 7) is 1.80. The van der Waals surface area contributed by atoms with Crippen LogP contribution < -0.4 is 10.9 Å². The minimum Gasteiger partial charge on any atom is -0.384 e. The third kappa shape index (κ3) is 2.29. The van der Waals surface area contributed by atoms with Crippen LogP contribution in [0.5, 0.6) is 0 Å². The minimum atomic E-state index is -3.72. The topological polar surface area (TPSA) is 104 Å². The zero-order valence-electron chi connectivity index (χ0n) is 9.16. The molecule has 1 heterocycles. The van der Waals surface area contributed by atoms with Gasteiger partial charge in [0.1, 0.15) is 5.82 Å². The average Bonchev–Trinajstić information content (AvgIpc) is 2.57. The predicted octanol–water partition coefficient (Wildman–Crippen LogP) is 0.410. The molecule has 4 N–H and O–H groups in total. The van der Waals surface area contributed by atoms with Crippen molar-refractivity contribution in [1.29, 1.82) is 0 Å². The van der Waals surface area contributed by atoms with Crippen molar-refractivity contribution in [3.63, 3.8) is 0 Å². The van der Waals surface area contributed by atoms with Crippen LogP contribution in [-0.4, -0.2) is 18.2 Å². The molecule has 0 fully saturated rings.